The lowest BCUT2D eigenvalue weighted by Gasteiger charge is -2.42. The van der Waals surface area contributed by atoms with Gasteiger partial charge in [0.1, 0.15) is 0 Å². The van der Waals surface area contributed by atoms with Gasteiger partial charge in [0.2, 0.25) is 0 Å². The van der Waals surface area contributed by atoms with Gasteiger partial charge in [-0.15, -0.1) is 0 Å². The lowest BCUT2D eigenvalue weighted by molar-refractivity contribution is -0.0432. The number of hydrogen-bond acceptors (Lipinski definition) is 2. The van der Waals surface area contributed by atoms with Crippen LogP contribution in [0.3, 0.4) is 0 Å². The summed E-state index contributed by atoms with van der Waals surface area (Å²) in [5.74, 6) is 0.504. The Morgan fingerprint density at radius 2 is 1.94 bits per heavy atom. The molecule has 2 aliphatic rings. The maximum Gasteiger partial charge on any atom is 0.0631 e. The second-order valence-corrected chi connectivity index (χ2v) is 6.40. The summed E-state index contributed by atoms with van der Waals surface area (Å²) in [7, 11) is 0. The Morgan fingerprint density at radius 3 is 2.50 bits per heavy atom. The van der Waals surface area contributed by atoms with Gasteiger partial charge in [-0.05, 0) is 43.6 Å². The van der Waals surface area contributed by atoms with Crippen molar-refractivity contribution in [3.8, 4) is 0 Å². The van der Waals surface area contributed by atoms with E-state index >= 15 is 0 Å². The second kappa shape index (κ2) is 4.66. The monoisotopic (exact) mass is 225 g/mol. The van der Waals surface area contributed by atoms with Gasteiger partial charge in [0.25, 0.3) is 0 Å². The van der Waals surface area contributed by atoms with Crippen LogP contribution in [-0.2, 0) is 0 Å². The Balaban J connectivity index is 1.92. The first-order valence-electron chi connectivity index (χ1n) is 6.96. The summed E-state index contributed by atoms with van der Waals surface area (Å²) < 4.78 is 0. The molecule has 2 atom stereocenters. The Kier molecular flexibility index (Phi) is 3.60. The number of nitrogens with zero attached hydrogens (tertiary/aromatic N) is 1. The maximum atomic E-state index is 10.4. The van der Waals surface area contributed by atoms with Crippen LogP contribution in [-0.4, -0.2) is 35.2 Å². The Hall–Kier alpha value is -0.0800. The summed E-state index contributed by atoms with van der Waals surface area (Å²) in [4.78, 5) is 2.58. The van der Waals surface area contributed by atoms with Crippen molar-refractivity contribution in [3.05, 3.63) is 0 Å². The zero-order valence-corrected chi connectivity index (χ0v) is 11.1. The minimum absolute atomic E-state index is 0.103. The third-order valence-electron chi connectivity index (χ3n) is 4.58. The summed E-state index contributed by atoms with van der Waals surface area (Å²) in [6.45, 7) is 8.95. The van der Waals surface area contributed by atoms with Crippen LogP contribution in [0.2, 0.25) is 0 Å². The van der Waals surface area contributed by atoms with Gasteiger partial charge in [-0.3, -0.25) is 0 Å². The van der Waals surface area contributed by atoms with Gasteiger partial charge in [0.05, 0.1) is 6.10 Å². The van der Waals surface area contributed by atoms with Crippen LogP contribution >= 0.6 is 0 Å². The van der Waals surface area contributed by atoms with E-state index in [2.05, 4.69) is 25.7 Å². The fourth-order valence-corrected chi connectivity index (χ4v) is 3.23. The van der Waals surface area contributed by atoms with E-state index in [1.165, 1.54) is 32.1 Å². The van der Waals surface area contributed by atoms with Gasteiger partial charge in [-0.2, -0.15) is 0 Å². The van der Waals surface area contributed by atoms with Crippen molar-refractivity contribution < 1.29 is 5.11 Å². The smallest absolute Gasteiger partial charge is 0.0631 e. The molecule has 0 bridgehead atoms. The van der Waals surface area contributed by atoms with E-state index in [0.29, 0.717) is 5.92 Å². The van der Waals surface area contributed by atoms with Crippen molar-refractivity contribution in [2.24, 2.45) is 11.3 Å². The van der Waals surface area contributed by atoms with E-state index in [9.17, 15) is 5.11 Å². The molecule has 0 aromatic rings. The standard InChI is InChI=1S/C14H27NO/c1-4-15(12-7-8-12)10-11-6-5-9-14(2,3)13(11)16/h11-13,16H,4-10H2,1-3H3. The first-order valence-corrected chi connectivity index (χ1v) is 6.96. The Bertz CT molecular complexity index is 235. The third-order valence-corrected chi connectivity index (χ3v) is 4.58. The SMILES string of the molecule is CCN(CC1CCCC(C)(C)C1O)C1CC1. The van der Waals surface area contributed by atoms with Crippen LogP contribution in [0.4, 0.5) is 0 Å². The van der Waals surface area contributed by atoms with Crippen LogP contribution < -0.4 is 0 Å². The molecule has 94 valence electrons. The summed E-state index contributed by atoms with van der Waals surface area (Å²) in [6.07, 6.45) is 6.33. The molecule has 0 aliphatic heterocycles. The molecule has 2 saturated carbocycles. The zero-order valence-electron chi connectivity index (χ0n) is 11.1. The van der Waals surface area contributed by atoms with E-state index in [0.717, 1.165) is 19.1 Å². The minimum atomic E-state index is -0.103. The van der Waals surface area contributed by atoms with Gasteiger partial charge >= 0.3 is 0 Å². The summed E-state index contributed by atoms with van der Waals surface area (Å²) >= 11 is 0. The third kappa shape index (κ3) is 2.60. The molecule has 2 heteroatoms. The predicted octanol–water partition coefficient (Wildman–Crippen LogP) is 2.66. The van der Waals surface area contributed by atoms with E-state index in [4.69, 9.17) is 0 Å². The Morgan fingerprint density at radius 1 is 1.25 bits per heavy atom. The van der Waals surface area contributed by atoms with E-state index in [1.54, 1.807) is 0 Å². The summed E-state index contributed by atoms with van der Waals surface area (Å²) in [5.41, 5.74) is 0.131. The average molecular weight is 225 g/mol. The molecule has 2 fully saturated rings. The molecule has 0 heterocycles. The lowest BCUT2D eigenvalue weighted by Crippen LogP contribution is -2.45. The molecule has 0 amide bonds. The normalized spacial score (nSPS) is 34.3. The molecular weight excluding hydrogens is 198 g/mol. The van der Waals surface area contributed by atoms with Crippen molar-refractivity contribution in [3.63, 3.8) is 0 Å². The number of aliphatic hydroxyl groups excluding tert-OH is 1. The summed E-state index contributed by atoms with van der Waals surface area (Å²) in [5, 5.41) is 10.4. The Labute approximate surface area is 100 Å². The number of rotatable bonds is 4. The fourth-order valence-electron chi connectivity index (χ4n) is 3.23. The molecule has 2 rings (SSSR count). The highest BCUT2D eigenvalue weighted by Gasteiger charge is 2.39. The van der Waals surface area contributed by atoms with Crippen molar-refractivity contribution in [1.29, 1.82) is 0 Å². The number of hydrogen-bond donors (Lipinski definition) is 1. The highest BCUT2D eigenvalue weighted by atomic mass is 16.3. The van der Waals surface area contributed by atoms with Crippen LogP contribution in [0.5, 0.6) is 0 Å². The average Bonchev–Trinajstić information content (AvgIpc) is 3.04. The first-order chi connectivity index (χ1) is 7.54. The molecule has 0 radical (unpaired) electrons. The molecular formula is C14H27NO. The molecule has 0 aromatic carbocycles. The van der Waals surface area contributed by atoms with Gasteiger partial charge in [0, 0.05) is 12.6 Å². The maximum absolute atomic E-state index is 10.4. The molecule has 0 aromatic heterocycles. The molecule has 0 saturated heterocycles. The fraction of sp³-hybridized carbons (Fsp3) is 1.00. The van der Waals surface area contributed by atoms with E-state index in [1.807, 2.05) is 0 Å². The summed E-state index contributed by atoms with van der Waals surface area (Å²) in [6, 6.07) is 0.835. The number of aliphatic hydroxyl groups is 1. The van der Waals surface area contributed by atoms with E-state index < -0.39 is 0 Å². The van der Waals surface area contributed by atoms with Gasteiger partial charge in [-0.25, -0.2) is 0 Å². The molecule has 0 spiro atoms. The van der Waals surface area contributed by atoms with Crippen LogP contribution in [0.25, 0.3) is 0 Å². The van der Waals surface area contributed by atoms with Crippen LogP contribution in [0.1, 0.15) is 52.9 Å². The van der Waals surface area contributed by atoms with E-state index in [-0.39, 0.29) is 11.5 Å². The molecule has 1 N–H and O–H groups in total. The van der Waals surface area contributed by atoms with Crippen LogP contribution in [0, 0.1) is 11.3 Å². The van der Waals surface area contributed by atoms with Crippen molar-refractivity contribution in [1.82, 2.24) is 4.90 Å². The van der Waals surface area contributed by atoms with Crippen LogP contribution in [0.15, 0.2) is 0 Å². The van der Waals surface area contributed by atoms with Gasteiger partial charge in [0.15, 0.2) is 0 Å². The second-order valence-electron chi connectivity index (χ2n) is 6.40. The largest absolute Gasteiger partial charge is 0.392 e. The molecule has 2 aliphatic carbocycles. The molecule has 2 unspecified atom stereocenters. The van der Waals surface area contributed by atoms with Gasteiger partial charge < -0.3 is 10.0 Å². The minimum Gasteiger partial charge on any atom is -0.392 e. The van der Waals surface area contributed by atoms with Crippen molar-refractivity contribution in [2.75, 3.05) is 13.1 Å². The quantitative estimate of drug-likeness (QED) is 0.795. The lowest BCUT2D eigenvalue weighted by atomic mass is 9.69. The van der Waals surface area contributed by atoms with Crippen molar-refractivity contribution in [2.45, 2.75) is 65.0 Å². The zero-order chi connectivity index (χ0) is 11.8. The topological polar surface area (TPSA) is 23.5 Å². The predicted molar refractivity (Wildman–Crippen MR) is 67.4 cm³/mol. The highest BCUT2D eigenvalue weighted by molar-refractivity contribution is 4.92. The highest BCUT2D eigenvalue weighted by Crippen LogP contribution is 2.40. The first kappa shape index (κ1) is 12.4. The molecule has 16 heavy (non-hydrogen) atoms. The van der Waals surface area contributed by atoms with Crippen molar-refractivity contribution >= 4 is 0 Å². The van der Waals surface area contributed by atoms with Gasteiger partial charge in [-0.1, -0.05) is 27.2 Å². The molecule has 2 nitrogen and oxygen atoms in total.